The fourth-order valence-electron chi connectivity index (χ4n) is 1.35. The third-order valence-electron chi connectivity index (χ3n) is 1.95. The maximum absolute atomic E-state index is 5.42. The zero-order valence-corrected chi connectivity index (χ0v) is 10.2. The van der Waals surface area contributed by atoms with E-state index in [1.165, 1.54) is 0 Å². The summed E-state index contributed by atoms with van der Waals surface area (Å²) in [5.74, 6) is 0.833. The van der Waals surface area contributed by atoms with Crippen molar-refractivity contribution in [2.24, 2.45) is 0 Å². The van der Waals surface area contributed by atoms with Crippen molar-refractivity contribution in [3.8, 4) is 0 Å². The lowest BCUT2D eigenvalue weighted by Crippen LogP contribution is -2.03. The molecule has 1 aromatic rings. The van der Waals surface area contributed by atoms with Gasteiger partial charge >= 0.3 is 0 Å². The van der Waals surface area contributed by atoms with Crippen molar-refractivity contribution in [3.63, 3.8) is 0 Å². The summed E-state index contributed by atoms with van der Waals surface area (Å²) in [5.41, 5.74) is 1.15. The Balaban J connectivity index is 2.66. The fraction of sp³-hybridized carbons (Fsp3) is 0.636. The minimum absolute atomic E-state index is 0.523. The van der Waals surface area contributed by atoms with Crippen LogP contribution in [0, 0.1) is 4.64 Å². The van der Waals surface area contributed by atoms with Gasteiger partial charge in [0, 0.05) is 12.3 Å². The molecule has 0 fully saturated rings. The number of aromatic nitrogens is 2. The van der Waals surface area contributed by atoms with Crippen LogP contribution in [0.5, 0.6) is 0 Å². The largest absolute Gasteiger partial charge is 0.374 e. The molecular weight excluding hydrogens is 208 g/mol. The Bertz CT molecular complexity index is 349. The maximum atomic E-state index is 5.42. The summed E-state index contributed by atoms with van der Waals surface area (Å²) < 4.78 is 6.06. The first-order valence-electron chi connectivity index (χ1n) is 5.43. The van der Waals surface area contributed by atoms with Crippen LogP contribution in [0.4, 0.5) is 0 Å². The lowest BCUT2D eigenvalue weighted by atomic mass is 10.2. The van der Waals surface area contributed by atoms with Gasteiger partial charge in [-0.05, 0) is 18.9 Å². The maximum Gasteiger partial charge on any atom is 0.134 e. The van der Waals surface area contributed by atoms with Gasteiger partial charge in [-0.1, -0.05) is 32.5 Å². The highest BCUT2D eigenvalue weighted by Crippen LogP contribution is 2.02. The number of hydrogen-bond acceptors (Lipinski definition) is 3. The van der Waals surface area contributed by atoms with Gasteiger partial charge < -0.3 is 9.72 Å². The zero-order valence-electron chi connectivity index (χ0n) is 9.38. The molecule has 0 saturated carbocycles. The summed E-state index contributed by atoms with van der Waals surface area (Å²) >= 11 is 5.09. The van der Waals surface area contributed by atoms with E-state index in [9.17, 15) is 0 Å². The Labute approximate surface area is 95.9 Å². The van der Waals surface area contributed by atoms with E-state index in [0.717, 1.165) is 37.4 Å². The number of aromatic amines is 1. The molecule has 0 aliphatic heterocycles. The lowest BCUT2D eigenvalue weighted by molar-refractivity contribution is 0.116. The monoisotopic (exact) mass is 226 g/mol. The van der Waals surface area contributed by atoms with E-state index in [4.69, 9.17) is 17.0 Å². The summed E-state index contributed by atoms with van der Waals surface area (Å²) in [7, 11) is 0. The van der Waals surface area contributed by atoms with Crippen LogP contribution in [-0.2, 0) is 17.8 Å². The van der Waals surface area contributed by atoms with E-state index in [-0.39, 0.29) is 0 Å². The van der Waals surface area contributed by atoms with Crippen molar-refractivity contribution in [2.45, 2.75) is 39.7 Å². The van der Waals surface area contributed by atoms with Gasteiger partial charge in [0.15, 0.2) is 0 Å². The predicted octanol–water partition coefficient (Wildman–Crippen LogP) is 3.02. The van der Waals surface area contributed by atoms with Crippen molar-refractivity contribution in [2.75, 3.05) is 6.61 Å². The van der Waals surface area contributed by atoms with E-state index in [1.54, 1.807) is 0 Å². The molecule has 0 aliphatic rings. The van der Waals surface area contributed by atoms with Crippen molar-refractivity contribution >= 4 is 12.2 Å². The van der Waals surface area contributed by atoms with Crippen molar-refractivity contribution in [3.05, 3.63) is 22.2 Å². The molecule has 0 bridgehead atoms. The first-order valence-corrected chi connectivity index (χ1v) is 5.84. The molecule has 0 radical (unpaired) electrons. The van der Waals surface area contributed by atoms with Gasteiger partial charge in [0.25, 0.3) is 0 Å². The minimum atomic E-state index is 0.523. The fourth-order valence-corrected chi connectivity index (χ4v) is 1.60. The molecule has 15 heavy (non-hydrogen) atoms. The van der Waals surface area contributed by atoms with Crippen LogP contribution < -0.4 is 0 Å². The Kier molecular flexibility index (Phi) is 5.50. The molecule has 3 nitrogen and oxygen atoms in total. The number of aryl methyl sites for hydroxylation is 1. The van der Waals surface area contributed by atoms with E-state index < -0.39 is 0 Å². The SMILES string of the molecule is CCCOCc1nc(=S)cc(CCC)[nH]1. The molecular formula is C11H18N2OS. The molecule has 1 heterocycles. The van der Waals surface area contributed by atoms with Crippen molar-refractivity contribution in [1.82, 2.24) is 9.97 Å². The lowest BCUT2D eigenvalue weighted by Gasteiger charge is -2.05. The second-order valence-electron chi connectivity index (χ2n) is 3.49. The molecule has 1 aromatic heterocycles. The highest BCUT2D eigenvalue weighted by Gasteiger charge is 1.98. The molecule has 4 heteroatoms. The molecule has 1 rings (SSSR count). The zero-order chi connectivity index (χ0) is 11.1. The van der Waals surface area contributed by atoms with E-state index in [1.807, 2.05) is 6.07 Å². The molecule has 84 valence electrons. The number of ether oxygens (including phenoxy) is 1. The summed E-state index contributed by atoms with van der Waals surface area (Å²) in [5, 5.41) is 0. The summed E-state index contributed by atoms with van der Waals surface area (Å²) in [6.45, 7) is 5.52. The second-order valence-corrected chi connectivity index (χ2v) is 3.91. The molecule has 0 atom stereocenters. The van der Waals surface area contributed by atoms with Gasteiger partial charge in [-0.3, -0.25) is 0 Å². The Morgan fingerprint density at radius 3 is 2.87 bits per heavy atom. The summed E-state index contributed by atoms with van der Waals surface area (Å²) in [4.78, 5) is 7.46. The summed E-state index contributed by atoms with van der Waals surface area (Å²) in [6.07, 6.45) is 3.13. The van der Waals surface area contributed by atoms with Gasteiger partial charge in [-0.15, -0.1) is 0 Å². The number of hydrogen-bond donors (Lipinski definition) is 1. The molecule has 0 spiro atoms. The van der Waals surface area contributed by atoms with E-state index in [2.05, 4.69) is 23.8 Å². The van der Waals surface area contributed by atoms with E-state index >= 15 is 0 Å². The number of nitrogens with one attached hydrogen (secondary N) is 1. The molecule has 0 aliphatic carbocycles. The van der Waals surface area contributed by atoms with Crippen LogP contribution >= 0.6 is 12.2 Å². The predicted molar refractivity (Wildman–Crippen MR) is 63.4 cm³/mol. The third kappa shape index (κ3) is 4.53. The highest BCUT2D eigenvalue weighted by molar-refractivity contribution is 7.71. The number of rotatable bonds is 6. The number of nitrogens with zero attached hydrogens (tertiary/aromatic N) is 1. The minimum Gasteiger partial charge on any atom is -0.374 e. The first-order chi connectivity index (χ1) is 7.26. The average molecular weight is 226 g/mol. The van der Waals surface area contributed by atoms with Crippen molar-refractivity contribution in [1.29, 1.82) is 0 Å². The molecule has 0 amide bonds. The van der Waals surface area contributed by atoms with Gasteiger partial charge in [0.1, 0.15) is 17.1 Å². The van der Waals surface area contributed by atoms with Crippen LogP contribution in [0.1, 0.15) is 38.2 Å². The van der Waals surface area contributed by atoms with Crippen LogP contribution in [0.25, 0.3) is 0 Å². The Morgan fingerprint density at radius 2 is 2.20 bits per heavy atom. The van der Waals surface area contributed by atoms with Crippen molar-refractivity contribution < 1.29 is 4.74 Å². The van der Waals surface area contributed by atoms with Gasteiger partial charge in [-0.25, -0.2) is 4.98 Å². The number of H-pyrrole nitrogens is 1. The van der Waals surface area contributed by atoms with Gasteiger partial charge in [-0.2, -0.15) is 0 Å². The summed E-state index contributed by atoms with van der Waals surface area (Å²) in [6, 6.07) is 1.92. The van der Waals surface area contributed by atoms with Crippen LogP contribution in [0.2, 0.25) is 0 Å². The Hall–Kier alpha value is -0.740. The second kappa shape index (κ2) is 6.69. The standard InChI is InChI=1S/C11H18N2OS/c1-3-5-9-7-11(15)13-10(12-9)8-14-6-4-2/h7H,3-6,8H2,1-2H3,(H,12,13,15). The van der Waals surface area contributed by atoms with Crippen LogP contribution in [-0.4, -0.2) is 16.6 Å². The first kappa shape index (κ1) is 12.3. The average Bonchev–Trinajstić information content (AvgIpc) is 2.18. The molecule has 1 N–H and O–H groups in total. The van der Waals surface area contributed by atoms with Crippen LogP contribution in [0.3, 0.4) is 0 Å². The molecule has 0 aromatic carbocycles. The van der Waals surface area contributed by atoms with Crippen LogP contribution in [0.15, 0.2) is 6.07 Å². The molecule has 0 saturated heterocycles. The topological polar surface area (TPSA) is 37.9 Å². The van der Waals surface area contributed by atoms with E-state index in [0.29, 0.717) is 11.2 Å². The highest BCUT2D eigenvalue weighted by atomic mass is 32.1. The van der Waals surface area contributed by atoms with Gasteiger partial charge in [0.05, 0.1) is 0 Å². The van der Waals surface area contributed by atoms with Gasteiger partial charge in [0.2, 0.25) is 0 Å². The Morgan fingerprint density at radius 1 is 1.40 bits per heavy atom. The smallest absolute Gasteiger partial charge is 0.134 e. The third-order valence-corrected chi connectivity index (χ3v) is 2.16. The molecule has 0 unspecified atom stereocenters. The quantitative estimate of drug-likeness (QED) is 0.598. The normalized spacial score (nSPS) is 10.5.